The minimum atomic E-state index is -4.39. The maximum Gasteiger partial charge on any atom is 0.416 e. The van der Waals surface area contributed by atoms with Crippen LogP contribution in [0.25, 0.3) is 6.08 Å². The second-order valence-corrected chi connectivity index (χ2v) is 5.23. The van der Waals surface area contributed by atoms with Crippen molar-refractivity contribution in [3.8, 4) is 0 Å². The normalized spacial score (nSPS) is 13.0. The molecule has 0 fully saturated rings. The number of benzene rings is 2. The monoisotopic (exact) mass is 337 g/mol. The fourth-order valence-electron chi connectivity index (χ4n) is 2.05. The average Bonchev–Trinajstić information content (AvgIpc) is 2.53. The molecule has 0 heterocycles. The van der Waals surface area contributed by atoms with Crippen molar-refractivity contribution in [1.82, 2.24) is 5.32 Å². The molecule has 0 saturated heterocycles. The Bertz CT molecular complexity index is 718. The SMILES string of the molecule is CC(NC(=O)/C=C/c1ccc(F)cc1)c1ccc(C(F)(F)F)cc1. The highest BCUT2D eigenvalue weighted by molar-refractivity contribution is 5.91. The number of halogens is 4. The molecule has 0 spiro atoms. The molecule has 1 amide bonds. The summed E-state index contributed by atoms with van der Waals surface area (Å²) in [5, 5.41) is 2.65. The molecular formula is C18H15F4NO. The van der Waals surface area contributed by atoms with Crippen molar-refractivity contribution >= 4 is 12.0 Å². The number of hydrogen-bond donors (Lipinski definition) is 1. The van der Waals surface area contributed by atoms with E-state index in [-0.39, 0.29) is 5.82 Å². The summed E-state index contributed by atoms with van der Waals surface area (Å²) in [6.07, 6.45) is -1.58. The average molecular weight is 337 g/mol. The van der Waals surface area contributed by atoms with Crippen LogP contribution < -0.4 is 5.32 Å². The Hall–Kier alpha value is -2.63. The summed E-state index contributed by atoms with van der Waals surface area (Å²) >= 11 is 0. The highest BCUT2D eigenvalue weighted by Gasteiger charge is 2.30. The van der Waals surface area contributed by atoms with Crippen LogP contribution in [-0.2, 0) is 11.0 Å². The lowest BCUT2D eigenvalue weighted by molar-refractivity contribution is -0.137. The van der Waals surface area contributed by atoms with Crippen LogP contribution in [0, 0.1) is 5.82 Å². The Labute approximate surface area is 136 Å². The highest BCUT2D eigenvalue weighted by Crippen LogP contribution is 2.29. The lowest BCUT2D eigenvalue weighted by Crippen LogP contribution is -2.24. The molecule has 2 aromatic rings. The molecule has 2 nitrogen and oxygen atoms in total. The second kappa shape index (κ2) is 7.29. The summed E-state index contributed by atoms with van der Waals surface area (Å²) < 4.78 is 50.3. The van der Waals surface area contributed by atoms with Crippen LogP contribution in [0.2, 0.25) is 0 Å². The van der Waals surface area contributed by atoms with E-state index in [1.54, 1.807) is 6.92 Å². The van der Waals surface area contributed by atoms with E-state index in [1.165, 1.54) is 48.6 Å². The highest BCUT2D eigenvalue weighted by atomic mass is 19.4. The first-order valence-electron chi connectivity index (χ1n) is 7.17. The zero-order valence-corrected chi connectivity index (χ0v) is 12.8. The first-order chi connectivity index (χ1) is 11.3. The Morgan fingerprint density at radius 1 is 1.04 bits per heavy atom. The van der Waals surface area contributed by atoms with Crippen molar-refractivity contribution in [3.63, 3.8) is 0 Å². The lowest BCUT2D eigenvalue weighted by atomic mass is 10.1. The standard InChI is InChI=1S/C18H15F4NO/c1-12(14-5-7-15(8-6-14)18(20,21)22)23-17(24)11-4-13-2-9-16(19)10-3-13/h2-12H,1H3,(H,23,24)/b11-4+. The van der Waals surface area contributed by atoms with Gasteiger partial charge >= 0.3 is 6.18 Å². The molecule has 0 saturated carbocycles. The number of alkyl halides is 3. The zero-order valence-electron chi connectivity index (χ0n) is 12.8. The summed E-state index contributed by atoms with van der Waals surface area (Å²) in [4.78, 5) is 11.8. The van der Waals surface area contributed by atoms with Crippen molar-refractivity contribution in [2.24, 2.45) is 0 Å². The summed E-state index contributed by atoms with van der Waals surface area (Å²) in [6, 6.07) is 9.78. The lowest BCUT2D eigenvalue weighted by Gasteiger charge is -2.14. The molecule has 1 unspecified atom stereocenters. The molecule has 0 aromatic heterocycles. The van der Waals surface area contributed by atoms with E-state index < -0.39 is 23.7 Å². The molecule has 0 aliphatic carbocycles. The van der Waals surface area contributed by atoms with E-state index in [4.69, 9.17) is 0 Å². The minimum absolute atomic E-state index is 0.368. The van der Waals surface area contributed by atoms with Gasteiger partial charge in [-0.15, -0.1) is 0 Å². The molecular weight excluding hydrogens is 322 g/mol. The number of carbonyl (C=O) groups is 1. The Kier molecular flexibility index (Phi) is 5.39. The van der Waals surface area contributed by atoms with Gasteiger partial charge in [0.25, 0.3) is 0 Å². The van der Waals surface area contributed by atoms with Gasteiger partial charge in [-0.1, -0.05) is 24.3 Å². The molecule has 24 heavy (non-hydrogen) atoms. The smallest absolute Gasteiger partial charge is 0.346 e. The van der Waals surface area contributed by atoms with E-state index in [2.05, 4.69) is 5.32 Å². The zero-order chi connectivity index (χ0) is 17.7. The number of rotatable bonds is 4. The molecule has 0 bridgehead atoms. The summed E-state index contributed by atoms with van der Waals surface area (Å²) in [6.45, 7) is 1.67. The van der Waals surface area contributed by atoms with Crippen LogP contribution in [0.3, 0.4) is 0 Å². The van der Waals surface area contributed by atoms with Crippen LogP contribution in [0.5, 0.6) is 0 Å². The van der Waals surface area contributed by atoms with Gasteiger partial charge in [0.1, 0.15) is 5.82 Å². The third-order valence-electron chi connectivity index (χ3n) is 3.39. The molecule has 1 N–H and O–H groups in total. The number of nitrogens with one attached hydrogen (secondary N) is 1. The second-order valence-electron chi connectivity index (χ2n) is 5.23. The number of amides is 1. The van der Waals surface area contributed by atoms with Crippen LogP contribution in [0.15, 0.2) is 54.6 Å². The van der Waals surface area contributed by atoms with E-state index in [0.717, 1.165) is 12.1 Å². The molecule has 2 rings (SSSR count). The first kappa shape index (κ1) is 17.7. The van der Waals surface area contributed by atoms with Gasteiger partial charge in [0.05, 0.1) is 11.6 Å². The maximum absolute atomic E-state index is 12.8. The quantitative estimate of drug-likeness (QED) is 0.634. The van der Waals surface area contributed by atoms with Crippen LogP contribution in [0.1, 0.15) is 29.7 Å². The molecule has 0 radical (unpaired) electrons. The predicted molar refractivity (Wildman–Crippen MR) is 83.4 cm³/mol. The van der Waals surface area contributed by atoms with Crippen molar-refractivity contribution < 1.29 is 22.4 Å². The topological polar surface area (TPSA) is 29.1 Å². The van der Waals surface area contributed by atoms with Gasteiger partial charge in [-0.2, -0.15) is 13.2 Å². The van der Waals surface area contributed by atoms with Crippen molar-refractivity contribution in [2.75, 3.05) is 0 Å². The van der Waals surface area contributed by atoms with Crippen LogP contribution >= 0.6 is 0 Å². The van der Waals surface area contributed by atoms with Gasteiger partial charge in [0.2, 0.25) is 5.91 Å². The summed E-state index contributed by atoms with van der Waals surface area (Å²) in [5.74, 6) is -0.765. The van der Waals surface area contributed by atoms with E-state index in [1.807, 2.05) is 0 Å². The largest absolute Gasteiger partial charge is 0.416 e. The van der Waals surface area contributed by atoms with Gasteiger partial charge < -0.3 is 5.32 Å². The van der Waals surface area contributed by atoms with Crippen molar-refractivity contribution in [1.29, 1.82) is 0 Å². The van der Waals surface area contributed by atoms with Crippen molar-refractivity contribution in [3.05, 3.63) is 77.1 Å². The minimum Gasteiger partial charge on any atom is -0.346 e. The summed E-state index contributed by atoms with van der Waals surface area (Å²) in [5.41, 5.74) is 0.487. The molecule has 6 heteroatoms. The maximum atomic E-state index is 12.8. The van der Waals surface area contributed by atoms with E-state index in [9.17, 15) is 22.4 Å². The number of carbonyl (C=O) groups excluding carboxylic acids is 1. The molecule has 126 valence electrons. The Balaban J connectivity index is 1.97. The first-order valence-corrected chi connectivity index (χ1v) is 7.17. The number of hydrogen-bond acceptors (Lipinski definition) is 1. The van der Waals surface area contributed by atoms with Crippen molar-refractivity contribution in [2.45, 2.75) is 19.1 Å². The molecule has 2 aromatic carbocycles. The van der Waals surface area contributed by atoms with Crippen LogP contribution in [0.4, 0.5) is 17.6 Å². The van der Waals surface area contributed by atoms with Gasteiger partial charge in [0.15, 0.2) is 0 Å². The third-order valence-corrected chi connectivity index (χ3v) is 3.39. The van der Waals surface area contributed by atoms with Gasteiger partial charge in [-0.25, -0.2) is 4.39 Å². The summed E-state index contributed by atoms with van der Waals surface area (Å²) in [7, 11) is 0. The fraction of sp³-hybridized carbons (Fsp3) is 0.167. The predicted octanol–water partition coefficient (Wildman–Crippen LogP) is 4.74. The molecule has 1 atom stereocenters. The Morgan fingerprint density at radius 2 is 1.62 bits per heavy atom. The van der Waals surface area contributed by atoms with E-state index in [0.29, 0.717) is 11.1 Å². The van der Waals surface area contributed by atoms with E-state index >= 15 is 0 Å². The fourth-order valence-corrected chi connectivity index (χ4v) is 2.05. The molecule has 0 aliphatic heterocycles. The van der Waals surface area contributed by atoms with Gasteiger partial charge in [0, 0.05) is 6.08 Å². The molecule has 0 aliphatic rings. The van der Waals surface area contributed by atoms with Crippen LogP contribution in [-0.4, -0.2) is 5.91 Å². The van der Waals surface area contributed by atoms with Gasteiger partial charge in [-0.3, -0.25) is 4.79 Å². The van der Waals surface area contributed by atoms with Gasteiger partial charge in [-0.05, 0) is 48.4 Å². The Morgan fingerprint density at radius 3 is 2.17 bits per heavy atom. The third kappa shape index (κ3) is 4.94.